The molecule has 0 saturated carbocycles. The average Bonchev–Trinajstić information content (AvgIpc) is 3.01. The van der Waals surface area contributed by atoms with Crippen LogP contribution in [0.1, 0.15) is 41.1 Å². The van der Waals surface area contributed by atoms with E-state index < -0.39 is 0 Å². The van der Waals surface area contributed by atoms with Crippen LogP contribution in [0.5, 0.6) is 0 Å². The molecule has 0 aliphatic heterocycles. The van der Waals surface area contributed by atoms with Crippen LogP contribution in [0, 0.1) is 6.92 Å². The molecule has 0 bridgehead atoms. The van der Waals surface area contributed by atoms with Crippen molar-refractivity contribution in [3.8, 4) is 0 Å². The second-order valence-electron chi connectivity index (χ2n) is 5.13. The van der Waals surface area contributed by atoms with Crippen molar-refractivity contribution in [3.63, 3.8) is 0 Å². The molecule has 0 unspecified atom stereocenters. The van der Waals surface area contributed by atoms with Gasteiger partial charge in [-0.15, -0.1) is 0 Å². The van der Waals surface area contributed by atoms with Gasteiger partial charge in [-0.1, -0.05) is 24.3 Å². The van der Waals surface area contributed by atoms with Crippen LogP contribution in [0.3, 0.4) is 0 Å². The van der Waals surface area contributed by atoms with Crippen LogP contribution in [0.15, 0.2) is 47.1 Å². The molecule has 0 radical (unpaired) electrons. The van der Waals surface area contributed by atoms with Gasteiger partial charge in [0.25, 0.3) is 5.91 Å². The zero-order chi connectivity index (χ0) is 15.9. The summed E-state index contributed by atoms with van der Waals surface area (Å²) >= 11 is 0. The lowest BCUT2D eigenvalue weighted by Crippen LogP contribution is -2.32. The summed E-state index contributed by atoms with van der Waals surface area (Å²) in [7, 11) is 0. The summed E-state index contributed by atoms with van der Waals surface area (Å²) in [5.41, 5.74) is 2.23. The molecule has 0 saturated heterocycles. The zero-order valence-corrected chi connectivity index (χ0v) is 12.8. The monoisotopic (exact) mass is 300 g/mol. The molecule has 5 heteroatoms. The maximum Gasteiger partial charge on any atom is 0.286 e. The van der Waals surface area contributed by atoms with Gasteiger partial charge in [-0.2, -0.15) is 0 Å². The third-order valence-corrected chi connectivity index (χ3v) is 3.42. The van der Waals surface area contributed by atoms with E-state index in [4.69, 9.17) is 4.42 Å². The minimum atomic E-state index is -0.315. The highest BCUT2D eigenvalue weighted by atomic mass is 16.3. The van der Waals surface area contributed by atoms with Gasteiger partial charge in [0, 0.05) is 13.0 Å². The normalized spacial score (nSPS) is 11.7. The molecule has 5 nitrogen and oxygen atoms in total. The summed E-state index contributed by atoms with van der Waals surface area (Å²) in [6.45, 7) is 4.23. The van der Waals surface area contributed by atoms with Gasteiger partial charge in [-0.05, 0) is 37.1 Å². The molecule has 0 spiro atoms. The molecule has 0 aliphatic rings. The highest BCUT2D eigenvalue weighted by Crippen LogP contribution is 2.16. The van der Waals surface area contributed by atoms with Crippen LogP contribution in [0.4, 0.5) is 0 Å². The molecule has 2 rings (SSSR count). The molecule has 1 heterocycles. The summed E-state index contributed by atoms with van der Waals surface area (Å²) in [4.78, 5) is 23.6. The van der Waals surface area contributed by atoms with E-state index in [2.05, 4.69) is 10.6 Å². The second kappa shape index (κ2) is 7.45. The van der Waals surface area contributed by atoms with E-state index in [-0.39, 0.29) is 36.6 Å². The topological polar surface area (TPSA) is 71.3 Å². The number of furan rings is 1. The zero-order valence-electron chi connectivity index (χ0n) is 12.8. The van der Waals surface area contributed by atoms with Gasteiger partial charge in [-0.25, -0.2) is 0 Å². The van der Waals surface area contributed by atoms with E-state index in [0.717, 1.165) is 11.1 Å². The Morgan fingerprint density at radius 2 is 1.95 bits per heavy atom. The Kier molecular flexibility index (Phi) is 5.36. The Labute approximate surface area is 129 Å². The summed E-state index contributed by atoms with van der Waals surface area (Å²) in [6, 6.07) is 11.1. The van der Waals surface area contributed by atoms with Gasteiger partial charge in [0.1, 0.15) is 0 Å². The minimum absolute atomic E-state index is 0.0607. The van der Waals surface area contributed by atoms with E-state index in [1.165, 1.54) is 6.26 Å². The Bertz CT molecular complexity index is 635. The van der Waals surface area contributed by atoms with Gasteiger partial charge < -0.3 is 15.1 Å². The number of aryl methyl sites for hydroxylation is 1. The summed E-state index contributed by atoms with van der Waals surface area (Å²) < 4.78 is 4.98. The number of carbonyl (C=O) groups excluding carboxylic acids is 2. The van der Waals surface area contributed by atoms with E-state index in [1.54, 1.807) is 12.1 Å². The van der Waals surface area contributed by atoms with Crippen LogP contribution in [0.25, 0.3) is 0 Å². The standard InChI is InChI=1S/C17H20N2O3/c1-12-6-3-4-7-14(12)13(2)19-16(20)9-10-18-17(21)15-8-5-11-22-15/h3-8,11,13H,9-10H2,1-2H3,(H,18,21)(H,19,20)/t13-/m1/s1. The van der Waals surface area contributed by atoms with Gasteiger partial charge in [0.15, 0.2) is 5.76 Å². The summed E-state index contributed by atoms with van der Waals surface area (Å²) in [6.07, 6.45) is 1.66. The van der Waals surface area contributed by atoms with Gasteiger partial charge in [0.2, 0.25) is 5.91 Å². The maximum absolute atomic E-state index is 11.9. The smallest absolute Gasteiger partial charge is 0.286 e. The van der Waals surface area contributed by atoms with E-state index in [1.807, 2.05) is 38.1 Å². The van der Waals surface area contributed by atoms with Gasteiger partial charge in [-0.3, -0.25) is 9.59 Å². The third-order valence-electron chi connectivity index (χ3n) is 3.42. The van der Waals surface area contributed by atoms with Crippen molar-refractivity contribution in [1.82, 2.24) is 10.6 Å². The molecule has 1 aromatic heterocycles. The number of hydrogen-bond donors (Lipinski definition) is 2. The largest absolute Gasteiger partial charge is 0.459 e. The molecular weight excluding hydrogens is 280 g/mol. The first-order chi connectivity index (χ1) is 10.6. The van der Waals surface area contributed by atoms with Crippen molar-refractivity contribution in [2.75, 3.05) is 6.54 Å². The third kappa shape index (κ3) is 4.22. The Balaban J connectivity index is 1.76. The van der Waals surface area contributed by atoms with Crippen LogP contribution in [-0.4, -0.2) is 18.4 Å². The number of nitrogens with one attached hydrogen (secondary N) is 2. The molecule has 1 aromatic carbocycles. The fourth-order valence-electron chi connectivity index (χ4n) is 2.25. The predicted molar refractivity (Wildman–Crippen MR) is 83.4 cm³/mol. The average molecular weight is 300 g/mol. The van der Waals surface area contributed by atoms with Crippen molar-refractivity contribution < 1.29 is 14.0 Å². The fourth-order valence-corrected chi connectivity index (χ4v) is 2.25. The van der Waals surface area contributed by atoms with Crippen molar-refractivity contribution >= 4 is 11.8 Å². The van der Waals surface area contributed by atoms with Crippen LogP contribution >= 0.6 is 0 Å². The summed E-state index contributed by atoms with van der Waals surface area (Å²) in [5.74, 6) is -0.172. The highest BCUT2D eigenvalue weighted by molar-refractivity contribution is 5.91. The Hall–Kier alpha value is -2.56. The lowest BCUT2D eigenvalue weighted by atomic mass is 10.0. The summed E-state index contributed by atoms with van der Waals surface area (Å²) in [5, 5.41) is 5.58. The van der Waals surface area contributed by atoms with Crippen molar-refractivity contribution in [3.05, 3.63) is 59.5 Å². The van der Waals surface area contributed by atoms with Gasteiger partial charge >= 0.3 is 0 Å². The number of amides is 2. The Morgan fingerprint density at radius 1 is 1.18 bits per heavy atom. The van der Waals surface area contributed by atoms with Crippen molar-refractivity contribution in [2.45, 2.75) is 26.3 Å². The number of rotatable bonds is 6. The van der Waals surface area contributed by atoms with E-state index >= 15 is 0 Å². The van der Waals surface area contributed by atoms with E-state index in [0.29, 0.717) is 0 Å². The number of benzene rings is 1. The molecule has 0 fully saturated rings. The molecule has 1 atom stereocenters. The van der Waals surface area contributed by atoms with E-state index in [9.17, 15) is 9.59 Å². The second-order valence-corrected chi connectivity index (χ2v) is 5.13. The molecule has 22 heavy (non-hydrogen) atoms. The lowest BCUT2D eigenvalue weighted by Gasteiger charge is -2.16. The quantitative estimate of drug-likeness (QED) is 0.861. The predicted octanol–water partition coefficient (Wildman–Crippen LogP) is 2.59. The van der Waals surface area contributed by atoms with Crippen molar-refractivity contribution in [2.24, 2.45) is 0 Å². The molecule has 2 N–H and O–H groups in total. The van der Waals surface area contributed by atoms with Crippen molar-refractivity contribution in [1.29, 1.82) is 0 Å². The molecule has 2 amide bonds. The molecule has 0 aliphatic carbocycles. The van der Waals surface area contributed by atoms with Crippen LogP contribution in [-0.2, 0) is 4.79 Å². The van der Waals surface area contributed by atoms with Gasteiger partial charge in [0.05, 0.1) is 12.3 Å². The Morgan fingerprint density at radius 3 is 2.64 bits per heavy atom. The highest BCUT2D eigenvalue weighted by Gasteiger charge is 2.12. The van der Waals surface area contributed by atoms with Crippen LogP contribution in [0.2, 0.25) is 0 Å². The fraction of sp³-hybridized carbons (Fsp3) is 0.294. The maximum atomic E-state index is 11.9. The first-order valence-corrected chi connectivity index (χ1v) is 7.24. The first-order valence-electron chi connectivity index (χ1n) is 7.24. The number of carbonyl (C=O) groups is 2. The minimum Gasteiger partial charge on any atom is -0.459 e. The molecule has 2 aromatic rings. The molecule has 116 valence electrons. The van der Waals surface area contributed by atoms with Crippen LogP contribution < -0.4 is 10.6 Å². The SMILES string of the molecule is Cc1ccccc1[C@@H](C)NC(=O)CCNC(=O)c1ccco1. The number of hydrogen-bond acceptors (Lipinski definition) is 3. The lowest BCUT2D eigenvalue weighted by molar-refractivity contribution is -0.121. The first kappa shape index (κ1) is 15.8. The molecular formula is C17H20N2O3.